The summed E-state index contributed by atoms with van der Waals surface area (Å²) in [5, 5.41) is 0. The molecule has 17 heavy (non-hydrogen) atoms. The van der Waals surface area contributed by atoms with Crippen molar-refractivity contribution in [2.45, 2.75) is 6.92 Å². The summed E-state index contributed by atoms with van der Waals surface area (Å²) < 4.78 is 14.8. The highest BCUT2D eigenvalue weighted by Crippen LogP contribution is 2.33. The average molecular weight is 378 g/mol. The van der Waals surface area contributed by atoms with Crippen molar-refractivity contribution in [2.75, 3.05) is 0 Å². The lowest BCUT2D eigenvalue weighted by atomic mass is 10.0. The minimum Gasteiger partial charge on any atom is -0.289 e. The molecular weight excluding hydrogens is 371 g/mol. The molecule has 1 heterocycles. The Kier molecular flexibility index (Phi) is 3.80. The number of ketones is 1. The Balaban J connectivity index is 2.44. The van der Waals surface area contributed by atoms with Crippen molar-refractivity contribution in [2.24, 2.45) is 0 Å². The summed E-state index contributed by atoms with van der Waals surface area (Å²) in [7, 11) is 0. The maximum absolute atomic E-state index is 13.1. The molecule has 1 aromatic carbocycles. The van der Waals surface area contributed by atoms with Crippen LogP contribution in [0, 0.1) is 12.7 Å². The van der Waals surface area contributed by atoms with Crippen LogP contribution in [0.15, 0.2) is 31.8 Å². The molecule has 0 saturated heterocycles. The first-order chi connectivity index (χ1) is 7.99. The van der Waals surface area contributed by atoms with E-state index < -0.39 is 0 Å². The number of aryl methyl sites for hydroxylation is 1. The fourth-order valence-electron chi connectivity index (χ4n) is 1.44. The van der Waals surface area contributed by atoms with Gasteiger partial charge in [0.2, 0.25) is 0 Å². The Morgan fingerprint density at radius 3 is 2.53 bits per heavy atom. The van der Waals surface area contributed by atoms with Crippen LogP contribution in [0.2, 0.25) is 0 Å². The average Bonchev–Trinajstić information content (AvgIpc) is 2.61. The van der Waals surface area contributed by atoms with E-state index in [4.69, 9.17) is 0 Å². The summed E-state index contributed by atoms with van der Waals surface area (Å²) >= 11 is 8.11. The highest BCUT2D eigenvalue weighted by molar-refractivity contribution is 9.12. The van der Waals surface area contributed by atoms with E-state index in [2.05, 4.69) is 31.9 Å². The zero-order valence-electron chi connectivity index (χ0n) is 8.76. The van der Waals surface area contributed by atoms with Crippen molar-refractivity contribution in [1.82, 2.24) is 0 Å². The molecule has 2 rings (SSSR count). The van der Waals surface area contributed by atoms with Gasteiger partial charge in [-0.1, -0.05) is 0 Å². The second-order valence-electron chi connectivity index (χ2n) is 3.53. The van der Waals surface area contributed by atoms with Crippen molar-refractivity contribution in [3.8, 4) is 0 Å². The molecule has 0 spiro atoms. The van der Waals surface area contributed by atoms with Crippen LogP contribution in [0.25, 0.3) is 0 Å². The van der Waals surface area contributed by atoms with Crippen LogP contribution in [0.4, 0.5) is 4.39 Å². The summed E-state index contributed by atoms with van der Waals surface area (Å²) in [5.41, 5.74) is 1.56. The van der Waals surface area contributed by atoms with Crippen molar-refractivity contribution < 1.29 is 9.18 Å². The standard InChI is InChI=1S/C12H7Br2FOS/c1-6-4-7(2-3-9(6)15)11(16)8-5-10(13)17-12(8)14/h2-5H,1H3. The number of carbonyl (C=O) groups excluding carboxylic acids is 1. The fraction of sp³-hybridized carbons (Fsp3) is 0.0833. The van der Waals surface area contributed by atoms with Gasteiger partial charge in [-0.2, -0.15) is 0 Å². The molecule has 0 aliphatic heterocycles. The first kappa shape index (κ1) is 12.9. The molecule has 1 aromatic heterocycles. The summed E-state index contributed by atoms with van der Waals surface area (Å²) in [6.07, 6.45) is 0. The molecule has 0 aliphatic carbocycles. The number of rotatable bonds is 2. The van der Waals surface area contributed by atoms with E-state index in [0.717, 1.165) is 7.57 Å². The highest BCUT2D eigenvalue weighted by Gasteiger charge is 2.16. The van der Waals surface area contributed by atoms with Gasteiger partial charge in [0.1, 0.15) is 5.82 Å². The number of benzene rings is 1. The van der Waals surface area contributed by atoms with E-state index in [1.165, 1.54) is 23.5 Å². The van der Waals surface area contributed by atoms with Crippen LogP contribution in [0.3, 0.4) is 0 Å². The van der Waals surface area contributed by atoms with Crippen molar-refractivity contribution in [3.05, 3.63) is 54.3 Å². The van der Waals surface area contributed by atoms with E-state index in [1.807, 2.05) is 0 Å². The first-order valence-corrected chi connectivity index (χ1v) is 7.15. The molecule has 2 aromatic rings. The van der Waals surface area contributed by atoms with E-state index in [1.54, 1.807) is 19.1 Å². The van der Waals surface area contributed by atoms with Crippen LogP contribution < -0.4 is 0 Å². The number of hydrogen-bond acceptors (Lipinski definition) is 2. The van der Waals surface area contributed by atoms with Crippen LogP contribution in [-0.2, 0) is 0 Å². The maximum Gasteiger partial charge on any atom is 0.195 e. The summed E-state index contributed by atoms with van der Waals surface area (Å²) in [5.74, 6) is -0.408. The fourth-order valence-corrected chi connectivity index (χ4v) is 4.23. The van der Waals surface area contributed by atoms with Crippen molar-refractivity contribution in [3.63, 3.8) is 0 Å². The third-order valence-electron chi connectivity index (χ3n) is 2.32. The number of thiophene rings is 1. The number of hydrogen-bond donors (Lipinski definition) is 0. The van der Waals surface area contributed by atoms with E-state index in [0.29, 0.717) is 16.7 Å². The maximum atomic E-state index is 13.1. The van der Waals surface area contributed by atoms with Gasteiger partial charge in [-0.15, -0.1) is 11.3 Å². The highest BCUT2D eigenvalue weighted by atomic mass is 79.9. The topological polar surface area (TPSA) is 17.1 Å². The van der Waals surface area contributed by atoms with Crippen LogP contribution >= 0.6 is 43.2 Å². The monoisotopic (exact) mass is 376 g/mol. The molecule has 0 atom stereocenters. The van der Waals surface area contributed by atoms with Gasteiger partial charge < -0.3 is 0 Å². The Labute approximate surface area is 119 Å². The Morgan fingerprint density at radius 2 is 2.00 bits per heavy atom. The summed E-state index contributed by atoms with van der Waals surface area (Å²) in [6, 6.07) is 6.14. The van der Waals surface area contributed by atoms with Gasteiger partial charge in [-0.3, -0.25) is 4.79 Å². The molecule has 0 aliphatic rings. The molecule has 0 radical (unpaired) electrons. The van der Waals surface area contributed by atoms with Crippen molar-refractivity contribution in [1.29, 1.82) is 0 Å². The van der Waals surface area contributed by atoms with Gasteiger partial charge >= 0.3 is 0 Å². The first-order valence-electron chi connectivity index (χ1n) is 4.74. The summed E-state index contributed by atoms with van der Waals surface area (Å²) in [6.45, 7) is 1.64. The third-order valence-corrected chi connectivity index (χ3v) is 4.66. The predicted octanol–water partition coefficient (Wildman–Crippen LogP) is 4.95. The van der Waals surface area contributed by atoms with Crippen LogP contribution in [0.5, 0.6) is 0 Å². The molecule has 0 bridgehead atoms. The molecule has 0 amide bonds. The Morgan fingerprint density at radius 1 is 1.29 bits per heavy atom. The van der Waals surface area contributed by atoms with E-state index in [9.17, 15) is 9.18 Å². The predicted molar refractivity (Wildman–Crippen MR) is 74.3 cm³/mol. The van der Waals surface area contributed by atoms with Gasteiger partial charge in [0.05, 0.1) is 7.57 Å². The van der Waals surface area contributed by atoms with Gasteiger partial charge in [-0.25, -0.2) is 4.39 Å². The van der Waals surface area contributed by atoms with Gasteiger partial charge in [0, 0.05) is 11.1 Å². The summed E-state index contributed by atoms with van der Waals surface area (Å²) in [4.78, 5) is 12.2. The lowest BCUT2D eigenvalue weighted by Crippen LogP contribution is -2.01. The SMILES string of the molecule is Cc1cc(C(=O)c2cc(Br)sc2Br)ccc1F. The molecule has 5 heteroatoms. The van der Waals surface area contributed by atoms with E-state index in [-0.39, 0.29) is 11.6 Å². The second-order valence-corrected chi connectivity index (χ2v) is 7.28. The van der Waals surface area contributed by atoms with E-state index >= 15 is 0 Å². The zero-order valence-corrected chi connectivity index (χ0v) is 12.7. The minimum absolute atomic E-state index is 0.109. The lowest BCUT2D eigenvalue weighted by molar-refractivity contribution is 0.103. The zero-order chi connectivity index (χ0) is 12.6. The molecule has 0 saturated carbocycles. The molecular formula is C12H7Br2FOS. The van der Waals surface area contributed by atoms with Crippen LogP contribution in [0.1, 0.15) is 21.5 Å². The molecule has 1 nitrogen and oxygen atoms in total. The molecule has 0 unspecified atom stereocenters. The van der Waals surface area contributed by atoms with Crippen molar-refractivity contribution >= 4 is 49.0 Å². The molecule has 88 valence electrons. The van der Waals surface area contributed by atoms with Gasteiger partial charge in [-0.05, 0) is 68.6 Å². The molecule has 0 N–H and O–H groups in total. The largest absolute Gasteiger partial charge is 0.289 e. The smallest absolute Gasteiger partial charge is 0.195 e. The minimum atomic E-state index is -0.299. The van der Waals surface area contributed by atoms with Crippen LogP contribution in [-0.4, -0.2) is 5.78 Å². The Bertz CT molecular complexity index is 592. The Hall–Kier alpha value is -0.520. The normalized spacial score (nSPS) is 10.6. The third kappa shape index (κ3) is 2.67. The number of carbonyl (C=O) groups is 1. The van der Waals surface area contributed by atoms with Gasteiger partial charge in [0.25, 0.3) is 0 Å². The second kappa shape index (κ2) is 5.00. The van der Waals surface area contributed by atoms with Gasteiger partial charge in [0.15, 0.2) is 5.78 Å². The number of halogens is 3. The lowest BCUT2D eigenvalue weighted by Gasteiger charge is -2.02. The quantitative estimate of drug-likeness (QED) is 0.676. The molecule has 0 fully saturated rings.